The Balaban J connectivity index is 1.12. The lowest BCUT2D eigenvalue weighted by molar-refractivity contribution is 0.669. The number of furan rings is 1. The first-order valence-electron chi connectivity index (χ1n) is 19.2. The normalized spacial score (nSPS) is 12.2. The van der Waals surface area contributed by atoms with Crippen molar-refractivity contribution >= 4 is 81.8 Å². The molecule has 0 saturated heterocycles. The molecule has 0 fully saturated rings. The van der Waals surface area contributed by atoms with Crippen LogP contribution in [0.5, 0.6) is 0 Å². The average molecular weight is 728 g/mol. The quantitative estimate of drug-likeness (QED) is 0.181. The Hall–Kier alpha value is -7.83. The van der Waals surface area contributed by atoms with Crippen LogP contribution in [0.4, 0.5) is 0 Å². The second-order valence-corrected chi connectivity index (χ2v) is 14.8. The zero-order valence-corrected chi connectivity index (χ0v) is 30.4. The van der Waals surface area contributed by atoms with E-state index < -0.39 is 0 Å². The highest BCUT2D eigenvalue weighted by Gasteiger charge is 2.22. The highest BCUT2D eigenvalue weighted by molar-refractivity contribution is 6.25. The van der Waals surface area contributed by atoms with Crippen molar-refractivity contribution in [3.8, 4) is 39.9 Å². The molecule has 0 radical (unpaired) electrons. The van der Waals surface area contributed by atoms with E-state index in [0.717, 1.165) is 60.4 Å². The maximum absolute atomic E-state index is 6.49. The van der Waals surface area contributed by atoms with Crippen molar-refractivity contribution in [1.82, 2.24) is 23.9 Å². The minimum atomic E-state index is 0.546. The maximum Gasteiger partial charge on any atom is 0.238 e. The largest absolute Gasteiger partial charge is 0.456 e. The molecule has 0 N–H and O–H groups in total. The number of rotatable bonds is 4. The van der Waals surface area contributed by atoms with Crippen molar-refractivity contribution in [2.75, 3.05) is 0 Å². The zero-order valence-electron chi connectivity index (χ0n) is 30.4. The molecule has 6 nitrogen and oxygen atoms in total. The molecule has 8 aromatic carbocycles. The number of fused-ring (bicyclic) bond motifs is 12. The third kappa shape index (κ3) is 4.32. The van der Waals surface area contributed by atoms with E-state index in [9.17, 15) is 0 Å². The Morgan fingerprint density at radius 3 is 1.56 bits per heavy atom. The molecule has 0 bridgehead atoms. The van der Waals surface area contributed by atoms with Crippen LogP contribution in [0.3, 0.4) is 0 Å². The van der Waals surface area contributed by atoms with Gasteiger partial charge in [-0.1, -0.05) is 121 Å². The Bertz CT molecular complexity index is 3610. The summed E-state index contributed by atoms with van der Waals surface area (Å²) in [6.45, 7) is 0. The van der Waals surface area contributed by atoms with Gasteiger partial charge in [-0.3, -0.25) is 4.57 Å². The second kappa shape index (κ2) is 11.4. The minimum absolute atomic E-state index is 0.546. The number of nitrogens with zero attached hydrogens (tertiary/aromatic N) is 5. The summed E-state index contributed by atoms with van der Waals surface area (Å²) in [6.07, 6.45) is 0. The fraction of sp³-hybridized carbons (Fsp3) is 0. The molecule has 264 valence electrons. The highest BCUT2D eigenvalue weighted by Crippen LogP contribution is 2.44. The first kappa shape index (κ1) is 30.5. The van der Waals surface area contributed by atoms with Gasteiger partial charge in [-0.05, 0) is 59.7 Å². The predicted octanol–water partition coefficient (Wildman–Crippen LogP) is 13.0. The van der Waals surface area contributed by atoms with Crippen molar-refractivity contribution in [1.29, 1.82) is 0 Å². The monoisotopic (exact) mass is 727 g/mol. The van der Waals surface area contributed by atoms with Crippen molar-refractivity contribution in [3.63, 3.8) is 0 Å². The van der Waals surface area contributed by atoms with Crippen LogP contribution in [0.1, 0.15) is 0 Å². The lowest BCUT2D eigenvalue weighted by Crippen LogP contribution is -2.06. The van der Waals surface area contributed by atoms with Gasteiger partial charge < -0.3 is 8.82 Å². The Labute approximate surface area is 324 Å². The van der Waals surface area contributed by atoms with Gasteiger partial charge in [-0.2, -0.15) is 9.97 Å². The summed E-state index contributed by atoms with van der Waals surface area (Å²) in [4.78, 5) is 15.4. The van der Waals surface area contributed by atoms with Gasteiger partial charge >= 0.3 is 0 Å². The third-order valence-electron chi connectivity index (χ3n) is 11.7. The molecule has 0 aliphatic carbocycles. The number of hydrogen-bond donors (Lipinski definition) is 0. The molecule has 0 spiro atoms. The molecule has 13 aromatic rings. The summed E-state index contributed by atoms with van der Waals surface area (Å²) >= 11 is 0. The van der Waals surface area contributed by atoms with Gasteiger partial charge in [0.25, 0.3) is 0 Å². The molecule has 13 rings (SSSR count). The van der Waals surface area contributed by atoms with Crippen molar-refractivity contribution in [3.05, 3.63) is 176 Å². The van der Waals surface area contributed by atoms with E-state index in [1.807, 2.05) is 72.8 Å². The molecule has 0 aliphatic heterocycles. The lowest BCUT2D eigenvalue weighted by atomic mass is 9.98. The van der Waals surface area contributed by atoms with E-state index in [1.54, 1.807) is 0 Å². The van der Waals surface area contributed by atoms with Crippen LogP contribution in [-0.2, 0) is 0 Å². The maximum atomic E-state index is 6.49. The van der Waals surface area contributed by atoms with Crippen molar-refractivity contribution in [2.24, 2.45) is 0 Å². The molecule has 0 atom stereocenters. The molecular formula is C51H29N5O. The summed E-state index contributed by atoms with van der Waals surface area (Å²) in [5, 5.41) is 9.41. The van der Waals surface area contributed by atoms with Gasteiger partial charge in [0.2, 0.25) is 5.95 Å². The molecule has 57 heavy (non-hydrogen) atoms. The first-order valence-corrected chi connectivity index (χ1v) is 19.2. The van der Waals surface area contributed by atoms with Crippen LogP contribution < -0.4 is 0 Å². The summed E-state index contributed by atoms with van der Waals surface area (Å²) in [5.74, 6) is 1.77. The van der Waals surface area contributed by atoms with Crippen LogP contribution in [0.15, 0.2) is 180 Å². The Morgan fingerprint density at radius 1 is 0.333 bits per heavy atom. The minimum Gasteiger partial charge on any atom is -0.456 e. The van der Waals surface area contributed by atoms with Gasteiger partial charge in [-0.15, -0.1) is 0 Å². The lowest BCUT2D eigenvalue weighted by Gasteiger charge is -2.11. The summed E-state index contributed by atoms with van der Waals surface area (Å²) in [6, 6.07) is 62.0. The number of benzene rings is 8. The predicted molar refractivity (Wildman–Crippen MR) is 232 cm³/mol. The van der Waals surface area contributed by atoms with Crippen LogP contribution in [0.25, 0.3) is 122 Å². The van der Waals surface area contributed by atoms with E-state index in [1.165, 1.54) is 43.7 Å². The van der Waals surface area contributed by atoms with Gasteiger partial charge in [-0.25, -0.2) is 4.98 Å². The second-order valence-electron chi connectivity index (χ2n) is 14.8. The number of hydrogen-bond acceptors (Lipinski definition) is 4. The fourth-order valence-electron chi connectivity index (χ4n) is 9.15. The van der Waals surface area contributed by atoms with Crippen molar-refractivity contribution in [2.45, 2.75) is 0 Å². The first-order chi connectivity index (χ1) is 28.2. The molecule has 0 unspecified atom stereocenters. The standard InChI is InChI=1S/C51H29N5O/c1-3-13-30(14-4-1)49-52-50(31-15-5-2-6-16-31)54-51(53-49)56-44-24-23-32(25-37(44)38-28-39-36-19-9-12-22-46(36)57-47(39)29-45(38)56)33-26-40-34-17-7-10-20-42(34)55-43-21-11-8-18-35(43)41(27-33)48(40)55/h1-29H. The Kier molecular flexibility index (Phi) is 6.07. The van der Waals surface area contributed by atoms with E-state index >= 15 is 0 Å². The molecule has 0 saturated carbocycles. The summed E-state index contributed by atoms with van der Waals surface area (Å²) < 4.78 is 11.1. The van der Waals surface area contributed by atoms with Crippen molar-refractivity contribution < 1.29 is 4.42 Å². The zero-order chi connectivity index (χ0) is 37.2. The van der Waals surface area contributed by atoms with Gasteiger partial charge in [0, 0.05) is 60.3 Å². The van der Waals surface area contributed by atoms with Crippen LogP contribution >= 0.6 is 0 Å². The van der Waals surface area contributed by atoms with E-state index in [-0.39, 0.29) is 0 Å². The number of para-hydroxylation sites is 3. The molecule has 5 aromatic heterocycles. The SMILES string of the molecule is c1ccc(-c2nc(-c3ccccc3)nc(-n3c4ccc(-c5cc6c7ccccc7n7c8ccccc8c(c5)c67)cc4c4cc5c(cc43)oc3ccccc35)n2)cc1. The van der Waals surface area contributed by atoms with Crippen LogP contribution in [-0.4, -0.2) is 23.9 Å². The van der Waals surface area contributed by atoms with Crippen LogP contribution in [0, 0.1) is 0 Å². The highest BCUT2D eigenvalue weighted by atomic mass is 16.3. The number of aromatic nitrogens is 5. The van der Waals surface area contributed by atoms with Gasteiger partial charge in [0.05, 0.1) is 27.6 Å². The summed E-state index contributed by atoms with van der Waals surface area (Å²) in [7, 11) is 0. The smallest absolute Gasteiger partial charge is 0.238 e. The van der Waals surface area contributed by atoms with E-state index in [0.29, 0.717) is 17.6 Å². The topological polar surface area (TPSA) is 61.2 Å². The molecular weight excluding hydrogens is 699 g/mol. The molecule has 0 amide bonds. The van der Waals surface area contributed by atoms with E-state index in [2.05, 4.69) is 112 Å². The van der Waals surface area contributed by atoms with Gasteiger partial charge in [0.1, 0.15) is 11.2 Å². The molecule has 6 heteroatoms. The molecule has 5 heterocycles. The Morgan fingerprint density at radius 2 is 0.895 bits per heavy atom. The molecule has 0 aliphatic rings. The van der Waals surface area contributed by atoms with E-state index in [4.69, 9.17) is 19.4 Å². The third-order valence-corrected chi connectivity index (χ3v) is 11.7. The average Bonchev–Trinajstić information content (AvgIpc) is 4.01. The van der Waals surface area contributed by atoms with Crippen LogP contribution in [0.2, 0.25) is 0 Å². The summed E-state index contributed by atoms with van der Waals surface area (Å²) in [5.41, 5.74) is 11.5. The van der Waals surface area contributed by atoms with Gasteiger partial charge in [0.15, 0.2) is 11.6 Å². The fourth-order valence-corrected chi connectivity index (χ4v) is 9.15.